The SMILES string of the molecule is CC[C@]1(O)CCC[C@H]2CN(CC(=O)N3CCCc4cc(C)ccc43)C[C@H]21. The van der Waals surface area contributed by atoms with Crippen molar-refractivity contribution in [3.63, 3.8) is 0 Å². The topological polar surface area (TPSA) is 43.8 Å². The molecule has 0 radical (unpaired) electrons. The summed E-state index contributed by atoms with van der Waals surface area (Å²) in [6, 6.07) is 6.44. The number of carbonyl (C=O) groups excluding carboxylic acids is 1. The van der Waals surface area contributed by atoms with Crippen molar-refractivity contribution in [2.24, 2.45) is 11.8 Å². The molecule has 1 aromatic rings. The van der Waals surface area contributed by atoms with Gasteiger partial charge < -0.3 is 10.0 Å². The molecule has 4 rings (SSSR count). The molecule has 1 aromatic carbocycles. The van der Waals surface area contributed by atoms with Crippen molar-refractivity contribution < 1.29 is 9.90 Å². The van der Waals surface area contributed by atoms with Crippen molar-refractivity contribution in [1.29, 1.82) is 0 Å². The summed E-state index contributed by atoms with van der Waals surface area (Å²) in [6.45, 7) is 7.36. The molecule has 4 nitrogen and oxygen atoms in total. The van der Waals surface area contributed by atoms with Crippen LogP contribution in [0.4, 0.5) is 5.69 Å². The van der Waals surface area contributed by atoms with Gasteiger partial charge in [0.25, 0.3) is 0 Å². The van der Waals surface area contributed by atoms with Crippen LogP contribution in [-0.4, -0.2) is 47.7 Å². The molecule has 1 saturated carbocycles. The molecular formula is C22H32N2O2. The Morgan fingerprint density at radius 1 is 1.31 bits per heavy atom. The number of aliphatic hydroxyl groups is 1. The Morgan fingerprint density at radius 2 is 2.15 bits per heavy atom. The first-order chi connectivity index (χ1) is 12.5. The third kappa shape index (κ3) is 3.18. The molecular weight excluding hydrogens is 324 g/mol. The maximum atomic E-state index is 13.1. The molecule has 0 bridgehead atoms. The van der Waals surface area contributed by atoms with Gasteiger partial charge in [-0.25, -0.2) is 0 Å². The van der Waals surface area contributed by atoms with E-state index in [1.165, 1.54) is 17.5 Å². The Labute approximate surface area is 157 Å². The Hall–Kier alpha value is -1.39. The van der Waals surface area contributed by atoms with Crippen LogP contribution in [0.1, 0.15) is 50.2 Å². The molecule has 2 heterocycles. The smallest absolute Gasteiger partial charge is 0.241 e. The lowest BCUT2D eigenvalue weighted by atomic mass is 9.69. The highest BCUT2D eigenvalue weighted by atomic mass is 16.3. The lowest BCUT2D eigenvalue weighted by molar-refractivity contribution is -0.119. The molecule has 4 heteroatoms. The average molecular weight is 357 g/mol. The van der Waals surface area contributed by atoms with Gasteiger partial charge in [0, 0.05) is 31.2 Å². The number of anilines is 1. The molecule has 3 aliphatic rings. The Bertz CT molecular complexity index is 689. The van der Waals surface area contributed by atoms with Crippen molar-refractivity contribution in [2.45, 2.75) is 58.0 Å². The summed E-state index contributed by atoms with van der Waals surface area (Å²) in [5.74, 6) is 1.11. The largest absolute Gasteiger partial charge is 0.390 e. The minimum Gasteiger partial charge on any atom is -0.390 e. The van der Waals surface area contributed by atoms with Crippen LogP contribution < -0.4 is 4.90 Å². The second kappa shape index (κ2) is 6.97. The van der Waals surface area contributed by atoms with Crippen molar-refractivity contribution in [3.05, 3.63) is 29.3 Å². The van der Waals surface area contributed by atoms with Crippen molar-refractivity contribution >= 4 is 11.6 Å². The van der Waals surface area contributed by atoms with Gasteiger partial charge in [0.2, 0.25) is 5.91 Å². The third-order valence-corrected chi connectivity index (χ3v) is 7.02. The number of rotatable bonds is 3. The summed E-state index contributed by atoms with van der Waals surface area (Å²) in [4.78, 5) is 17.4. The maximum absolute atomic E-state index is 13.1. The van der Waals surface area contributed by atoms with Crippen LogP contribution in [0, 0.1) is 18.8 Å². The van der Waals surface area contributed by atoms with E-state index >= 15 is 0 Å². The van der Waals surface area contributed by atoms with Gasteiger partial charge in [0.1, 0.15) is 0 Å². The number of hydrogen-bond acceptors (Lipinski definition) is 3. The molecule has 1 amide bonds. The van der Waals surface area contributed by atoms with E-state index in [0.29, 0.717) is 18.4 Å². The molecule has 142 valence electrons. The van der Waals surface area contributed by atoms with Crippen molar-refractivity contribution in [3.8, 4) is 0 Å². The predicted molar refractivity (Wildman–Crippen MR) is 104 cm³/mol. The lowest BCUT2D eigenvalue weighted by Gasteiger charge is -2.40. The first kappa shape index (κ1) is 18.0. The zero-order chi connectivity index (χ0) is 18.3. The summed E-state index contributed by atoms with van der Waals surface area (Å²) in [5.41, 5.74) is 3.16. The molecule has 1 saturated heterocycles. The summed E-state index contributed by atoms with van der Waals surface area (Å²) in [7, 11) is 0. The summed E-state index contributed by atoms with van der Waals surface area (Å²) in [6.07, 6.45) is 6.18. The predicted octanol–water partition coefficient (Wildman–Crippen LogP) is 3.15. The van der Waals surface area contributed by atoms with E-state index in [1.54, 1.807) is 0 Å². The highest BCUT2D eigenvalue weighted by Crippen LogP contribution is 2.44. The standard InChI is InChI=1S/C22H32N2O2/c1-3-22(26)10-4-6-18-13-23(14-19(18)22)15-21(25)24-11-5-7-17-12-16(2)8-9-20(17)24/h8-9,12,18-19,26H,3-7,10-11,13-15H2,1-2H3/t18-,19+,22-/m0/s1. The van der Waals surface area contributed by atoms with Gasteiger partial charge in [-0.2, -0.15) is 0 Å². The number of hydrogen-bond donors (Lipinski definition) is 1. The van der Waals surface area contributed by atoms with Gasteiger partial charge in [0.15, 0.2) is 0 Å². The van der Waals surface area contributed by atoms with Crippen LogP contribution >= 0.6 is 0 Å². The Balaban J connectivity index is 1.45. The number of carbonyl (C=O) groups is 1. The van der Waals surface area contributed by atoms with Gasteiger partial charge in [-0.3, -0.25) is 9.69 Å². The van der Waals surface area contributed by atoms with E-state index in [2.05, 4.69) is 36.9 Å². The van der Waals surface area contributed by atoms with E-state index in [9.17, 15) is 9.90 Å². The highest BCUT2D eigenvalue weighted by molar-refractivity contribution is 5.96. The number of aryl methyl sites for hydroxylation is 2. The quantitative estimate of drug-likeness (QED) is 0.905. The van der Waals surface area contributed by atoms with Crippen molar-refractivity contribution in [1.82, 2.24) is 4.90 Å². The van der Waals surface area contributed by atoms with Crippen LogP contribution in [-0.2, 0) is 11.2 Å². The number of likely N-dealkylation sites (tertiary alicyclic amines) is 1. The van der Waals surface area contributed by atoms with E-state index < -0.39 is 5.60 Å². The zero-order valence-electron chi connectivity index (χ0n) is 16.2. The van der Waals surface area contributed by atoms with Gasteiger partial charge >= 0.3 is 0 Å². The fourth-order valence-corrected chi connectivity index (χ4v) is 5.55. The molecule has 2 fully saturated rings. The number of amides is 1. The van der Waals surface area contributed by atoms with Crippen LogP contribution in [0.5, 0.6) is 0 Å². The molecule has 1 N–H and O–H groups in total. The van der Waals surface area contributed by atoms with Gasteiger partial charge in [0.05, 0.1) is 12.1 Å². The minimum atomic E-state index is -0.518. The van der Waals surface area contributed by atoms with Crippen LogP contribution in [0.25, 0.3) is 0 Å². The molecule has 0 aromatic heterocycles. The summed E-state index contributed by atoms with van der Waals surface area (Å²) < 4.78 is 0. The van der Waals surface area contributed by atoms with E-state index in [1.807, 2.05) is 4.90 Å². The molecule has 0 spiro atoms. The second-order valence-electron chi connectivity index (χ2n) is 8.69. The summed E-state index contributed by atoms with van der Waals surface area (Å²) >= 11 is 0. The minimum absolute atomic E-state index is 0.216. The van der Waals surface area contributed by atoms with E-state index in [0.717, 1.165) is 57.4 Å². The number of nitrogens with zero attached hydrogens (tertiary/aromatic N) is 2. The molecule has 3 atom stereocenters. The van der Waals surface area contributed by atoms with E-state index in [-0.39, 0.29) is 5.91 Å². The van der Waals surface area contributed by atoms with Gasteiger partial charge in [-0.1, -0.05) is 31.0 Å². The van der Waals surface area contributed by atoms with Crippen LogP contribution in [0.2, 0.25) is 0 Å². The van der Waals surface area contributed by atoms with Crippen LogP contribution in [0.3, 0.4) is 0 Å². The highest BCUT2D eigenvalue weighted by Gasteiger charge is 2.48. The second-order valence-corrected chi connectivity index (χ2v) is 8.69. The number of fused-ring (bicyclic) bond motifs is 2. The third-order valence-electron chi connectivity index (χ3n) is 7.02. The monoisotopic (exact) mass is 356 g/mol. The van der Waals surface area contributed by atoms with E-state index in [4.69, 9.17) is 0 Å². The first-order valence-electron chi connectivity index (χ1n) is 10.3. The van der Waals surface area contributed by atoms with Gasteiger partial charge in [-0.15, -0.1) is 0 Å². The zero-order valence-corrected chi connectivity index (χ0v) is 16.2. The summed E-state index contributed by atoms with van der Waals surface area (Å²) in [5, 5.41) is 11.0. The average Bonchev–Trinajstić information content (AvgIpc) is 3.05. The Kier molecular flexibility index (Phi) is 4.83. The molecule has 2 aliphatic heterocycles. The van der Waals surface area contributed by atoms with Crippen molar-refractivity contribution in [2.75, 3.05) is 31.1 Å². The molecule has 0 unspecified atom stereocenters. The molecule has 1 aliphatic carbocycles. The first-order valence-corrected chi connectivity index (χ1v) is 10.3. The number of benzene rings is 1. The lowest BCUT2D eigenvalue weighted by Crippen LogP contribution is -2.45. The fourth-order valence-electron chi connectivity index (χ4n) is 5.55. The fraction of sp³-hybridized carbons (Fsp3) is 0.682. The van der Waals surface area contributed by atoms with Crippen LogP contribution in [0.15, 0.2) is 18.2 Å². The maximum Gasteiger partial charge on any atom is 0.241 e. The Morgan fingerprint density at radius 3 is 2.96 bits per heavy atom. The van der Waals surface area contributed by atoms with Gasteiger partial charge in [-0.05, 0) is 56.6 Å². The normalized spacial score (nSPS) is 31.6. The molecule has 26 heavy (non-hydrogen) atoms.